The van der Waals surface area contributed by atoms with Crippen molar-refractivity contribution in [3.63, 3.8) is 0 Å². The van der Waals surface area contributed by atoms with E-state index >= 15 is 0 Å². The average Bonchev–Trinajstić information content (AvgIpc) is 3.03. The molecule has 0 spiro atoms. The van der Waals surface area contributed by atoms with E-state index in [-0.39, 0.29) is 17.9 Å². The van der Waals surface area contributed by atoms with Gasteiger partial charge in [-0.25, -0.2) is 0 Å². The predicted octanol–water partition coefficient (Wildman–Crippen LogP) is 0.494. The van der Waals surface area contributed by atoms with E-state index in [1.54, 1.807) is 36.0 Å². The molecule has 152 valence electrons. The fourth-order valence-corrected chi connectivity index (χ4v) is 1.82. The van der Waals surface area contributed by atoms with Crippen molar-refractivity contribution in [2.24, 2.45) is 5.90 Å². The number of nitrogens with one attached hydrogen (secondary N) is 1. The number of pyridine rings is 2. The van der Waals surface area contributed by atoms with E-state index in [1.807, 2.05) is 30.3 Å². The zero-order valence-corrected chi connectivity index (χ0v) is 15.7. The van der Waals surface area contributed by atoms with Gasteiger partial charge in [-0.3, -0.25) is 28.7 Å². The van der Waals surface area contributed by atoms with Crippen LogP contribution in [0.3, 0.4) is 0 Å². The minimum atomic E-state index is -4.38. The molecule has 0 amide bonds. The Bertz CT molecular complexity index is 980. The number of nitrogens with two attached hydrogens (primary N) is 1. The maximum absolute atomic E-state index is 11.0. The Balaban J connectivity index is 0.000000222. The second kappa shape index (κ2) is 11.6. The lowest BCUT2D eigenvalue weighted by atomic mass is 10.3. The van der Waals surface area contributed by atoms with E-state index < -0.39 is 10.4 Å². The van der Waals surface area contributed by atoms with E-state index in [0.717, 1.165) is 11.2 Å². The van der Waals surface area contributed by atoms with Gasteiger partial charge in [-0.15, -0.1) is 0 Å². The molecule has 0 radical (unpaired) electrons. The molecule has 0 saturated heterocycles. The molecule has 0 aromatic carbocycles. The molecule has 3 rings (SSSR count). The third-order valence-corrected chi connectivity index (χ3v) is 3.12. The van der Waals surface area contributed by atoms with E-state index in [1.165, 1.54) is 0 Å². The third-order valence-electron chi connectivity index (χ3n) is 2.88. The fraction of sp³-hybridized carbons (Fsp3) is 0.188. The Morgan fingerprint density at radius 2 is 1.96 bits per heavy atom. The van der Waals surface area contributed by atoms with Crippen LogP contribution >= 0.6 is 0 Å². The number of rotatable bonds is 4. The van der Waals surface area contributed by atoms with Crippen molar-refractivity contribution in [2.75, 3.05) is 6.61 Å². The lowest BCUT2D eigenvalue weighted by molar-refractivity contribution is -0.142. The number of aromatic nitrogens is 3. The van der Waals surface area contributed by atoms with Crippen LogP contribution in [0.5, 0.6) is 0 Å². The van der Waals surface area contributed by atoms with Gasteiger partial charge in [0.1, 0.15) is 0 Å². The monoisotopic (exact) mass is 412 g/mol. The summed E-state index contributed by atoms with van der Waals surface area (Å²) >= 11 is 0. The Labute approximate surface area is 160 Å². The van der Waals surface area contributed by atoms with E-state index in [9.17, 15) is 18.0 Å². The molecule has 3 aromatic heterocycles. The van der Waals surface area contributed by atoms with Gasteiger partial charge in [0, 0.05) is 18.5 Å². The Morgan fingerprint density at radius 1 is 1.29 bits per heavy atom. The highest BCUT2D eigenvalue weighted by Crippen LogP contribution is 1.96. The SMILES string of the molecule is CCOC(=O)Cc1ccccn1.NOS(=O)(=O)O.O=c1cc2ccccn2[nH]1. The zero-order valence-electron chi connectivity index (χ0n) is 14.9. The first-order valence-corrected chi connectivity index (χ1v) is 9.19. The maximum atomic E-state index is 11.0. The first-order valence-electron chi connectivity index (χ1n) is 7.83. The predicted molar refractivity (Wildman–Crippen MR) is 99.4 cm³/mol. The summed E-state index contributed by atoms with van der Waals surface area (Å²) in [5.74, 6) is 3.74. The van der Waals surface area contributed by atoms with Gasteiger partial charge >= 0.3 is 16.4 Å². The Kier molecular flexibility index (Phi) is 9.53. The third kappa shape index (κ3) is 9.59. The largest absolute Gasteiger partial charge is 0.466 e. The number of aromatic amines is 1. The molecule has 0 aliphatic heterocycles. The lowest BCUT2D eigenvalue weighted by Gasteiger charge is -1.99. The van der Waals surface area contributed by atoms with Crippen LogP contribution in [-0.4, -0.2) is 40.1 Å². The number of carbonyl (C=O) groups excluding carboxylic acids is 1. The number of fused-ring (bicyclic) bond motifs is 1. The van der Waals surface area contributed by atoms with Gasteiger partial charge in [0.25, 0.3) is 5.56 Å². The van der Waals surface area contributed by atoms with Gasteiger partial charge in [-0.2, -0.15) is 18.6 Å². The molecule has 3 heterocycles. The standard InChI is InChI=1S/C9H11NO2.C7H6N2O.H3NO4S/c1-2-12-9(11)7-8-5-3-4-6-10-8;10-7-5-6-3-1-2-4-9(6)8-7;1-5-6(2,3)4/h3-6H,2,7H2,1H3;1-5H,(H,8,10);1H2,(H,2,3,4). The quantitative estimate of drug-likeness (QED) is 0.314. The number of ether oxygens (including phenoxy) is 1. The van der Waals surface area contributed by atoms with Gasteiger partial charge < -0.3 is 4.74 Å². The van der Waals surface area contributed by atoms with Crippen LogP contribution in [-0.2, 0) is 30.6 Å². The molecule has 3 aromatic rings. The molecule has 0 fully saturated rings. The smallest absolute Gasteiger partial charge is 0.413 e. The first kappa shape index (κ1) is 23.0. The van der Waals surface area contributed by atoms with Crippen molar-refractivity contribution < 1.29 is 26.8 Å². The molecule has 11 nitrogen and oxygen atoms in total. The number of hydrogen-bond acceptors (Lipinski definition) is 8. The second-order valence-corrected chi connectivity index (χ2v) is 5.99. The van der Waals surface area contributed by atoms with Gasteiger partial charge in [0.15, 0.2) is 0 Å². The molecule has 12 heteroatoms. The van der Waals surface area contributed by atoms with Crippen molar-refractivity contribution >= 4 is 21.9 Å². The number of carbonyl (C=O) groups is 1. The minimum Gasteiger partial charge on any atom is -0.466 e. The van der Waals surface area contributed by atoms with Crippen LogP contribution in [0.2, 0.25) is 0 Å². The Morgan fingerprint density at radius 3 is 2.50 bits per heavy atom. The highest BCUT2D eigenvalue weighted by Gasteiger charge is 2.02. The number of hydrogen-bond donors (Lipinski definition) is 3. The molecule has 0 saturated carbocycles. The van der Waals surface area contributed by atoms with Crippen molar-refractivity contribution in [2.45, 2.75) is 13.3 Å². The summed E-state index contributed by atoms with van der Waals surface area (Å²) in [6.45, 7) is 2.21. The normalized spacial score (nSPS) is 10.2. The summed E-state index contributed by atoms with van der Waals surface area (Å²) in [5.41, 5.74) is 1.58. The molecule has 0 unspecified atom stereocenters. The van der Waals surface area contributed by atoms with Gasteiger partial charge in [0.05, 0.1) is 24.2 Å². The summed E-state index contributed by atoms with van der Waals surface area (Å²) in [4.78, 5) is 25.7. The van der Waals surface area contributed by atoms with Crippen LogP contribution in [0.15, 0.2) is 59.7 Å². The summed E-state index contributed by atoms with van der Waals surface area (Å²) in [7, 11) is -4.38. The van der Waals surface area contributed by atoms with Crippen molar-refractivity contribution in [1.82, 2.24) is 14.6 Å². The van der Waals surface area contributed by atoms with Gasteiger partial charge in [-0.1, -0.05) is 12.1 Å². The summed E-state index contributed by atoms with van der Waals surface area (Å²) in [6, 6.07) is 12.6. The summed E-state index contributed by atoms with van der Waals surface area (Å²) in [5, 5.41) is 2.62. The number of esters is 1. The van der Waals surface area contributed by atoms with E-state index in [4.69, 9.17) is 9.29 Å². The number of H-pyrrole nitrogens is 1. The minimum absolute atomic E-state index is 0.0637. The molecule has 0 aliphatic rings. The van der Waals surface area contributed by atoms with Crippen LogP contribution in [0.4, 0.5) is 0 Å². The molecule has 28 heavy (non-hydrogen) atoms. The van der Waals surface area contributed by atoms with Crippen LogP contribution in [0, 0.1) is 0 Å². The van der Waals surface area contributed by atoms with Crippen LogP contribution < -0.4 is 11.5 Å². The number of nitrogens with zero attached hydrogens (tertiary/aromatic N) is 2. The highest BCUT2D eigenvalue weighted by atomic mass is 32.3. The van der Waals surface area contributed by atoms with E-state index in [2.05, 4.69) is 20.3 Å². The summed E-state index contributed by atoms with van der Waals surface area (Å²) in [6.07, 6.45) is 3.72. The molecule has 4 N–H and O–H groups in total. The topological polar surface area (TPSA) is 166 Å². The first-order chi connectivity index (χ1) is 13.2. The Hall–Kier alpha value is -3.06. The average molecular weight is 412 g/mol. The highest BCUT2D eigenvalue weighted by molar-refractivity contribution is 7.80. The van der Waals surface area contributed by atoms with Crippen molar-refractivity contribution in [1.29, 1.82) is 0 Å². The summed E-state index contributed by atoms with van der Waals surface area (Å²) < 4.78 is 35.3. The molecule has 0 bridgehead atoms. The molecular weight excluding hydrogens is 392 g/mol. The zero-order chi connectivity index (χ0) is 21.0. The second-order valence-electron chi connectivity index (χ2n) is 4.94. The fourth-order valence-electron chi connectivity index (χ4n) is 1.82. The van der Waals surface area contributed by atoms with Crippen molar-refractivity contribution in [3.8, 4) is 0 Å². The molecular formula is C16H20N4O7S. The van der Waals surface area contributed by atoms with Crippen LogP contribution in [0.25, 0.3) is 5.52 Å². The van der Waals surface area contributed by atoms with Gasteiger partial charge in [-0.05, 0) is 31.2 Å². The molecule has 0 aliphatic carbocycles. The van der Waals surface area contributed by atoms with E-state index in [0.29, 0.717) is 6.61 Å². The van der Waals surface area contributed by atoms with Crippen LogP contribution in [0.1, 0.15) is 12.6 Å². The van der Waals surface area contributed by atoms with Gasteiger partial charge in [0.2, 0.25) is 0 Å². The molecule has 0 atom stereocenters. The lowest BCUT2D eigenvalue weighted by Crippen LogP contribution is -2.08. The maximum Gasteiger partial charge on any atom is 0.413 e. The van der Waals surface area contributed by atoms with Crippen molar-refractivity contribution in [3.05, 3.63) is 70.9 Å².